The highest BCUT2D eigenvalue weighted by molar-refractivity contribution is 6.04. The van der Waals surface area contributed by atoms with Crippen molar-refractivity contribution in [3.05, 3.63) is 41.6 Å². The second-order valence-corrected chi connectivity index (χ2v) is 7.64. The molecule has 0 bridgehead atoms. The highest BCUT2D eigenvalue weighted by Gasteiger charge is 2.31. The van der Waals surface area contributed by atoms with Crippen molar-refractivity contribution in [1.29, 1.82) is 0 Å². The van der Waals surface area contributed by atoms with Gasteiger partial charge >= 0.3 is 0 Å². The number of fused-ring (bicyclic) bond motifs is 2. The minimum atomic E-state index is 0.00718. The van der Waals surface area contributed by atoms with E-state index < -0.39 is 0 Å². The lowest BCUT2D eigenvalue weighted by atomic mass is 9.96. The second-order valence-electron chi connectivity index (χ2n) is 7.64. The lowest BCUT2D eigenvalue weighted by Gasteiger charge is -2.32. The second kappa shape index (κ2) is 6.79. The molecule has 1 aromatic carbocycles. The Bertz CT molecular complexity index is 974. The quantitative estimate of drug-likeness (QED) is 0.758. The molecule has 27 heavy (non-hydrogen) atoms. The van der Waals surface area contributed by atoms with E-state index >= 15 is 0 Å². The summed E-state index contributed by atoms with van der Waals surface area (Å²) in [6.07, 6.45) is 6.70. The van der Waals surface area contributed by atoms with Crippen LogP contribution in [0.1, 0.15) is 60.2 Å². The summed E-state index contributed by atoms with van der Waals surface area (Å²) in [5.41, 5.74) is 1.42. The van der Waals surface area contributed by atoms with E-state index in [-0.39, 0.29) is 11.8 Å². The summed E-state index contributed by atoms with van der Waals surface area (Å²) in [6, 6.07) is 7.79. The molecule has 2 aliphatic heterocycles. The molecule has 7 heteroatoms. The minimum Gasteiger partial charge on any atom is -0.337 e. The van der Waals surface area contributed by atoms with Gasteiger partial charge in [-0.1, -0.05) is 24.6 Å². The highest BCUT2D eigenvalue weighted by atomic mass is 16.2. The maximum atomic E-state index is 13.1. The molecule has 5 rings (SSSR count). The monoisotopic (exact) mass is 364 g/mol. The van der Waals surface area contributed by atoms with Gasteiger partial charge in [0.25, 0.3) is 5.91 Å². The molecule has 3 aromatic rings. The number of para-hydroxylation sites is 1. The number of rotatable bonds is 2. The number of piperidine rings is 1. The Hall–Kier alpha value is -2.70. The summed E-state index contributed by atoms with van der Waals surface area (Å²) in [7, 11) is 0. The molecule has 2 aromatic heterocycles. The lowest BCUT2D eigenvalue weighted by Crippen LogP contribution is -2.40. The fraction of sp³-hybridized carbons (Fsp3) is 0.500. The van der Waals surface area contributed by atoms with Crippen LogP contribution in [0.5, 0.6) is 0 Å². The third kappa shape index (κ3) is 2.91. The average molecular weight is 364 g/mol. The van der Waals surface area contributed by atoms with E-state index in [1.807, 2.05) is 29.2 Å². The van der Waals surface area contributed by atoms with Gasteiger partial charge in [-0.15, -0.1) is 10.2 Å². The predicted molar refractivity (Wildman–Crippen MR) is 102 cm³/mol. The van der Waals surface area contributed by atoms with Crippen molar-refractivity contribution >= 4 is 16.8 Å². The van der Waals surface area contributed by atoms with Crippen molar-refractivity contribution in [2.24, 2.45) is 0 Å². The van der Waals surface area contributed by atoms with Crippen LogP contribution in [0.15, 0.2) is 24.3 Å². The summed E-state index contributed by atoms with van der Waals surface area (Å²) >= 11 is 0. The molecule has 7 nitrogen and oxygen atoms in total. The van der Waals surface area contributed by atoms with Gasteiger partial charge in [0.15, 0.2) is 5.69 Å². The van der Waals surface area contributed by atoms with Crippen LogP contribution in [0.4, 0.5) is 0 Å². The largest absolute Gasteiger partial charge is 0.337 e. The first-order chi connectivity index (χ1) is 13.3. The van der Waals surface area contributed by atoms with E-state index in [2.05, 4.69) is 25.0 Å². The topological polar surface area (TPSA) is 79.7 Å². The Labute approximate surface area is 157 Å². The molecular weight excluding hydrogens is 340 g/mol. The first-order valence-electron chi connectivity index (χ1n) is 9.95. The molecule has 1 unspecified atom stereocenters. The van der Waals surface area contributed by atoms with Crippen LogP contribution in [0, 0.1) is 0 Å². The zero-order valence-corrected chi connectivity index (χ0v) is 15.4. The lowest BCUT2D eigenvalue weighted by molar-refractivity contribution is 0.0699. The molecule has 1 saturated heterocycles. The van der Waals surface area contributed by atoms with Crippen molar-refractivity contribution < 1.29 is 4.79 Å². The van der Waals surface area contributed by atoms with E-state index in [0.717, 1.165) is 54.9 Å². The number of amides is 1. The van der Waals surface area contributed by atoms with E-state index in [0.29, 0.717) is 12.2 Å². The number of nitrogens with zero attached hydrogens (tertiary/aromatic N) is 5. The number of carbonyl (C=O) groups excluding carboxylic acids is 1. The summed E-state index contributed by atoms with van der Waals surface area (Å²) < 4.78 is 2.32. The van der Waals surface area contributed by atoms with E-state index in [9.17, 15) is 4.79 Å². The van der Waals surface area contributed by atoms with Gasteiger partial charge in [-0.25, -0.2) is 0 Å². The summed E-state index contributed by atoms with van der Waals surface area (Å²) in [5.74, 6) is 2.44. The van der Waals surface area contributed by atoms with Crippen LogP contribution >= 0.6 is 0 Å². The maximum absolute atomic E-state index is 13.1. The van der Waals surface area contributed by atoms with Gasteiger partial charge in [0.1, 0.15) is 11.6 Å². The fourth-order valence-electron chi connectivity index (χ4n) is 4.46. The van der Waals surface area contributed by atoms with Gasteiger partial charge < -0.3 is 9.47 Å². The zero-order chi connectivity index (χ0) is 18.2. The summed E-state index contributed by atoms with van der Waals surface area (Å²) in [5, 5.41) is 17.1. The zero-order valence-electron chi connectivity index (χ0n) is 15.4. The number of hydrogen-bond acceptors (Lipinski definition) is 4. The molecule has 0 aliphatic carbocycles. The smallest absolute Gasteiger partial charge is 0.275 e. The van der Waals surface area contributed by atoms with Gasteiger partial charge in [0, 0.05) is 37.4 Å². The predicted octanol–water partition coefficient (Wildman–Crippen LogP) is 2.90. The van der Waals surface area contributed by atoms with Crippen LogP contribution in [0.25, 0.3) is 10.9 Å². The average Bonchev–Trinajstić information content (AvgIpc) is 3.25. The maximum Gasteiger partial charge on any atom is 0.275 e. The van der Waals surface area contributed by atoms with Crippen LogP contribution in [0.3, 0.4) is 0 Å². The highest BCUT2D eigenvalue weighted by Crippen LogP contribution is 2.29. The van der Waals surface area contributed by atoms with Crippen LogP contribution in [0.2, 0.25) is 0 Å². The third-order valence-corrected chi connectivity index (χ3v) is 5.88. The Kier molecular flexibility index (Phi) is 4.14. The number of H-pyrrole nitrogens is 1. The van der Waals surface area contributed by atoms with Gasteiger partial charge in [0.2, 0.25) is 0 Å². The number of hydrogen-bond donors (Lipinski definition) is 1. The first kappa shape index (κ1) is 16.5. The number of aromatic amines is 1. The molecule has 0 radical (unpaired) electrons. The molecule has 1 amide bonds. The summed E-state index contributed by atoms with van der Waals surface area (Å²) in [6.45, 7) is 2.47. The molecule has 0 saturated carbocycles. The van der Waals surface area contributed by atoms with E-state index in [1.165, 1.54) is 19.3 Å². The molecular formula is C20H24N6O. The molecule has 1 atom stereocenters. The third-order valence-electron chi connectivity index (χ3n) is 5.88. The van der Waals surface area contributed by atoms with Crippen LogP contribution < -0.4 is 0 Å². The van der Waals surface area contributed by atoms with Gasteiger partial charge in [0.05, 0.1) is 5.52 Å². The molecule has 1 N–H and O–H groups in total. The Morgan fingerprint density at radius 1 is 1.07 bits per heavy atom. The van der Waals surface area contributed by atoms with E-state index in [1.54, 1.807) is 0 Å². The number of nitrogens with one attached hydrogen (secondary N) is 1. The van der Waals surface area contributed by atoms with E-state index in [4.69, 9.17) is 0 Å². The van der Waals surface area contributed by atoms with Crippen molar-refractivity contribution in [2.45, 2.75) is 51.0 Å². The minimum absolute atomic E-state index is 0.00718. The fourth-order valence-corrected chi connectivity index (χ4v) is 4.46. The Balaban J connectivity index is 1.40. The number of benzene rings is 1. The number of aryl methyl sites for hydroxylation is 1. The van der Waals surface area contributed by atoms with Crippen LogP contribution in [-0.2, 0) is 13.0 Å². The van der Waals surface area contributed by atoms with Crippen LogP contribution in [-0.4, -0.2) is 48.9 Å². The Morgan fingerprint density at radius 2 is 2.00 bits per heavy atom. The van der Waals surface area contributed by atoms with Gasteiger partial charge in [-0.05, 0) is 31.7 Å². The normalized spacial score (nSPS) is 20.4. The molecule has 4 heterocycles. The molecule has 140 valence electrons. The van der Waals surface area contributed by atoms with Crippen molar-refractivity contribution in [3.8, 4) is 0 Å². The van der Waals surface area contributed by atoms with Crippen molar-refractivity contribution in [1.82, 2.24) is 29.9 Å². The van der Waals surface area contributed by atoms with Crippen molar-refractivity contribution in [3.63, 3.8) is 0 Å². The number of carbonyl (C=O) groups is 1. The molecule has 0 spiro atoms. The van der Waals surface area contributed by atoms with Gasteiger partial charge in [-0.2, -0.15) is 5.10 Å². The summed E-state index contributed by atoms with van der Waals surface area (Å²) in [4.78, 5) is 15.1. The molecule has 1 fully saturated rings. The Morgan fingerprint density at radius 3 is 2.96 bits per heavy atom. The first-order valence-corrected chi connectivity index (χ1v) is 9.95. The SMILES string of the molecule is O=C(c1n[nH]c2ccccc12)N1CCCC(c2nnc3n2CCCCC3)C1. The van der Waals surface area contributed by atoms with Crippen molar-refractivity contribution in [2.75, 3.05) is 13.1 Å². The number of likely N-dealkylation sites (tertiary alicyclic amines) is 1. The number of aromatic nitrogens is 5. The van der Waals surface area contributed by atoms with Gasteiger partial charge in [-0.3, -0.25) is 9.89 Å². The molecule has 2 aliphatic rings. The standard InChI is InChI=1S/C20H24N6O/c27-20(18-15-8-3-4-9-16(15)21-23-18)25-11-6-7-14(13-25)19-24-22-17-10-2-1-5-12-26(17)19/h3-4,8-9,14H,1-2,5-7,10-13H2,(H,21,23).